The molecule has 1 aromatic heterocycles. The monoisotopic (exact) mass is 308 g/mol. The van der Waals surface area contributed by atoms with Gasteiger partial charge in [0.05, 0.1) is 10.8 Å². The summed E-state index contributed by atoms with van der Waals surface area (Å²) >= 11 is 1.46. The zero-order valence-corrected chi connectivity index (χ0v) is 13.8. The fraction of sp³-hybridized carbons (Fsp3) is 0.625. The lowest BCUT2D eigenvalue weighted by molar-refractivity contribution is -0.127. The molecule has 2 rings (SSSR count). The molecular formula is C16H24N2O2S. The lowest BCUT2D eigenvalue weighted by Gasteiger charge is -2.32. The predicted molar refractivity (Wildman–Crippen MR) is 85.4 cm³/mol. The first-order valence-corrected chi connectivity index (χ1v) is 8.50. The Morgan fingerprint density at radius 3 is 2.76 bits per heavy atom. The molecule has 4 nitrogen and oxygen atoms in total. The van der Waals surface area contributed by atoms with Gasteiger partial charge in [-0.05, 0) is 37.1 Å². The van der Waals surface area contributed by atoms with Gasteiger partial charge < -0.3 is 10.2 Å². The van der Waals surface area contributed by atoms with Gasteiger partial charge in [-0.2, -0.15) is 0 Å². The molecule has 2 atom stereocenters. The van der Waals surface area contributed by atoms with E-state index < -0.39 is 0 Å². The van der Waals surface area contributed by atoms with E-state index in [1.165, 1.54) is 11.3 Å². The van der Waals surface area contributed by atoms with E-state index in [4.69, 9.17) is 0 Å². The normalized spacial score (nSPS) is 20.4. The van der Waals surface area contributed by atoms with Gasteiger partial charge in [0.15, 0.2) is 0 Å². The lowest BCUT2D eigenvalue weighted by atomic mass is 9.96. The third-order valence-corrected chi connectivity index (χ3v) is 5.04. The first-order chi connectivity index (χ1) is 9.99. The summed E-state index contributed by atoms with van der Waals surface area (Å²) < 4.78 is 0. The molecule has 0 aliphatic carbocycles. The molecule has 5 heteroatoms. The van der Waals surface area contributed by atoms with Crippen molar-refractivity contribution in [1.82, 2.24) is 10.2 Å². The summed E-state index contributed by atoms with van der Waals surface area (Å²) in [6.07, 6.45) is 1.76. The maximum atomic E-state index is 12.4. The third kappa shape index (κ3) is 4.06. The van der Waals surface area contributed by atoms with Crippen molar-refractivity contribution in [1.29, 1.82) is 0 Å². The van der Waals surface area contributed by atoms with E-state index in [1.807, 2.05) is 29.3 Å². The van der Waals surface area contributed by atoms with E-state index in [1.54, 1.807) is 0 Å². The minimum atomic E-state index is -0.0798. The zero-order chi connectivity index (χ0) is 15.4. The Bertz CT molecular complexity index is 484. The highest BCUT2D eigenvalue weighted by Crippen LogP contribution is 2.21. The number of hydrogen-bond donors (Lipinski definition) is 1. The number of carbonyl (C=O) groups excluding carboxylic acids is 2. The Morgan fingerprint density at radius 2 is 2.14 bits per heavy atom. The van der Waals surface area contributed by atoms with Gasteiger partial charge in [0.25, 0.3) is 5.91 Å². The molecule has 0 saturated carbocycles. The topological polar surface area (TPSA) is 49.4 Å². The molecule has 116 valence electrons. The summed E-state index contributed by atoms with van der Waals surface area (Å²) in [4.78, 5) is 27.3. The molecule has 1 N–H and O–H groups in total. The van der Waals surface area contributed by atoms with Gasteiger partial charge in [-0.15, -0.1) is 11.3 Å². The van der Waals surface area contributed by atoms with Crippen molar-refractivity contribution in [3.63, 3.8) is 0 Å². The Balaban J connectivity index is 1.94. The second-order valence-electron chi connectivity index (χ2n) is 6.11. The lowest BCUT2D eigenvalue weighted by Crippen LogP contribution is -2.47. The average molecular weight is 308 g/mol. The molecule has 1 aliphatic rings. The van der Waals surface area contributed by atoms with Gasteiger partial charge >= 0.3 is 0 Å². The highest BCUT2D eigenvalue weighted by molar-refractivity contribution is 7.12. The van der Waals surface area contributed by atoms with E-state index in [-0.39, 0.29) is 23.8 Å². The smallest absolute Gasteiger partial charge is 0.263 e. The van der Waals surface area contributed by atoms with Gasteiger partial charge in [0.2, 0.25) is 5.91 Å². The fourth-order valence-corrected chi connectivity index (χ4v) is 3.13. The number of rotatable bonds is 4. The zero-order valence-electron chi connectivity index (χ0n) is 13.0. The van der Waals surface area contributed by atoms with Gasteiger partial charge in [0.1, 0.15) is 0 Å². The minimum absolute atomic E-state index is 0.0550. The standard InChI is InChI=1S/C16H24N2O2S/c1-11(2)12(3)17-15(19)13-6-4-8-18(10-13)16(20)14-7-5-9-21-14/h5,7,9,11-13H,4,6,8,10H2,1-3H3,(H,17,19). The van der Waals surface area contributed by atoms with Gasteiger partial charge in [-0.1, -0.05) is 19.9 Å². The maximum Gasteiger partial charge on any atom is 0.263 e. The van der Waals surface area contributed by atoms with Gasteiger partial charge in [-0.25, -0.2) is 0 Å². The van der Waals surface area contributed by atoms with Crippen molar-refractivity contribution >= 4 is 23.2 Å². The molecule has 2 heterocycles. The maximum absolute atomic E-state index is 12.4. The minimum Gasteiger partial charge on any atom is -0.353 e. The van der Waals surface area contributed by atoms with E-state index in [0.717, 1.165) is 24.3 Å². The molecule has 0 aromatic carbocycles. The largest absolute Gasteiger partial charge is 0.353 e. The summed E-state index contributed by atoms with van der Waals surface area (Å²) in [7, 11) is 0. The number of hydrogen-bond acceptors (Lipinski definition) is 3. The van der Waals surface area contributed by atoms with Crippen molar-refractivity contribution in [2.75, 3.05) is 13.1 Å². The Kier molecular flexibility index (Phi) is 5.39. The van der Waals surface area contributed by atoms with Crippen LogP contribution in [0.4, 0.5) is 0 Å². The van der Waals surface area contributed by atoms with Crippen molar-refractivity contribution < 1.29 is 9.59 Å². The van der Waals surface area contributed by atoms with Crippen molar-refractivity contribution in [2.45, 2.75) is 39.7 Å². The summed E-state index contributed by atoms with van der Waals surface area (Å²) in [5.41, 5.74) is 0. The second kappa shape index (κ2) is 7.07. The van der Waals surface area contributed by atoms with E-state index in [2.05, 4.69) is 19.2 Å². The highest BCUT2D eigenvalue weighted by Gasteiger charge is 2.29. The highest BCUT2D eigenvalue weighted by atomic mass is 32.1. The van der Waals surface area contributed by atoms with Gasteiger partial charge in [0, 0.05) is 19.1 Å². The number of amides is 2. The van der Waals surface area contributed by atoms with Crippen molar-refractivity contribution in [3.8, 4) is 0 Å². The molecule has 0 spiro atoms. The average Bonchev–Trinajstić information content (AvgIpc) is 3.00. The van der Waals surface area contributed by atoms with Crippen LogP contribution in [0, 0.1) is 11.8 Å². The summed E-state index contributed by atoms with van der Waals surface area (Å²) in [6.45, 7) is 7.50. The molecule has 1 aromatic rings. The molecule has 0 radical (unpaired) electrons. The van der Waals surface area contributed by atoms with Crippen LogP contribution in [-0.4, -0.2) is 35.8 Å². The van der Waals surface area contributed by atoms with Crippen LogP contribution in [0.15, 0.2) is 17.5 Å². The van der Waals surface area contributed by atoms with Crippen LogP contribution in [0.2, 0.25) is 0 Å². The first kappa shape index (κ1) is 16.0. The third-order valence-electron chi connectivity index (χ3n) is 4.18. The quantitative estimate of drug-likeness (QED) is 0.930. The van der Waals surface area contributed by atoms with E-state index in [0.29, 0.717) is 12.5 Å². The Labute approximate surface area is 130 Å². The van der Waals surface area contributed by atoms with E-state index in [9.17, 15) is 9.59 Å². The number of piperidine rings is 1. The number of nitrogens with one attached hydrogen (secondary N) is 1. The number of likely N-dealkylation sites (tertiary alicyclic amines) is 1. The Hall–Kier alpha value is -1.36. The Morgan fingerprint density at radius 1 is 1.38 bits per heavy atom. The molecule has 21 heavy (non-hydrogen) atoms. The number of nitrogens with zero attached hydrogens (tertiary/aromatic N) is 1. The van der Waals surface area contributed by atoms with Crippen LogP contribution >= 0.6 is 11.3 Å². The predicted octanol–water partition coefficient (Wildman–Crippen LogP) is 2.76. The molecule has 1 saturated heterocycles. The van der Waals surface area contributed by atoms with Crippen LogP contribution in [0.3, 0.4) is 0 Å². The van der Waals surface area contributed by atoms with Crippen molar-refractivity contribution in [2.24, 2.45) is 11.8 Å². The fourth-order valence-electron chi connectivity index (χ4n) is 2.44. The molecular weight excluding hydrogens is 284 g/mol. The van der Waals surface area contributed by atoms with Crippen LogP contribution in [0.5, 0.6) is 0 Å². The molecule has 2 unspecified atom stereocenters. The van der Waals surface area contributed by atoms with Crippen LogP contribution in [0.25, 0.3) is 0 Å². The van der Waals surface area contributed by atoms with Crippen LogP contribution in [0.1, 0.15) is 43.3 Å². The summed E-state index contributed by atoms with van der Waals surface area (Å²) in [6, 6.07) is 3.90. The second-order valence-corrected chi connectivity index (χ2v) is 7.06. The van der Waals surface area contributed by atoms with E-state index >= 15 is 0 Å². The van der Waals surface area contributed by atoms with Crippen molar-refractivity contribution in [3.05, 3.63) is 22.4 Å². The molecule has 1 fully saturated rings. The molecule has 1 aliphatic heterocycles. The number of carbonyl (C=O) groups is 2. The van der Waals surface area contributed by atoms with Crippen LogP contribution in [-0.2, 0) is 4.79 Å². The van der Waals surface area contributed by atoms with Crippen LogP contribution < -0.4 is 5.32 Å². The first-order valence-electron chi connectivity index (χ1n) is 7.62. The number of thiophene rings is 1. The molecule has 2 amide bonds. The molecule has 0 bridgehead atoms. The SMILES string of the molecule is CC(C)C(C)NC(=O)C1CCCN(C(=O)c2cccs2)C1. The van der Waals surface area contributed by atoms with Gasteiger partial charge in [-0.3, -0.25) is 9.59 Å². The summed E-state index contributed by atoms with van der Waals surface area (Å²) in [5, 5.41) is 4.98. The summed E-state index contributed by atoms with van der Waals surface area (Å²) in [5.74, 6) is 0.476.